The first-order valence-corrected chi connectivity index (χ1v) is 17.9. The minimum atomic E-state index is -1.60. The summed E-state index contributed by atoms with van der Waals surface area (Å²) >= 11 is 0. The third-order valence-electron chi connectivity index (χ3n) is 12.4. The Bertz CT molecular complexity index is 1000. The number of rotatable bonds is 17. The molecule has 4 rings (SSSR count). The van der Waals surface area contributed by atoms with Gasteiger partial charge in [-0.1, -0.05) is 103 Å². The van der Waals surface area contributed by atoms with Crippen molar-refractivity contribution in [3.63, 3.8) is 0 Å². The number of carbonyl (C=O) groups excluding carboxylic acids is 3. The van der Waals surface area contributed by atoms with E-state index in [1.54, 1.807) is 0 Å². The van der Waals surface area contributed by atoms with Crippen LogP contribution in [0, 0.1) is 28.6 Å². The van der Waals surface area contributed by atoms with E-state index < -0.39 is 29.5 Å². The largest absolute Gasteiger partial charge is 0.458 e. The zero-order chi connectivity index (χ0) is 31.1. The summed E-state index contributed by atoms with van der Waals surface area (Å²) in [5, 5.41) is 23.4. The number of Topliss-reactive ketones (excluding diaryl/α,β-unsaturated/α-hetero) is 1. The average Bonchev–Trinajstić information content (AvgIpc) is 3.25. The third-order valence-corrected chi connectivity index (χ3v) is 12.4. The van der Waals surface area contributed by atoms with Gasteiger partial charge in [-0.25, -0.2) is 0 Å². The second-order valence-corrected chi connectivity index (χ2v) is 15.1. The number of hydrogen-bond acceptors (Lipinski definition) is 6. The van der Waals surface area contributed by atoms with Crippen LogP contribution in [0.25, 0.3) is 0 Å². The van der Waals surface area contributed by atoms with E-state index in [0.29, 0.717) is 25.7 Å². The zero-order valence-corrected chi connectivity index (χ0v) is 27.5. The number of ether oxygens (including phenoxy) is 1. The van der Waals surface area contributed by atoms with Gasteiger partial charge in [0.05, 0.1) is 6.10 Å². The Kier molecular flexibility index (Phi) is 12.1. The van der Waals surface area contributed by atoms with Gasteiger partial charge in [-0.05, 0) is 74.2 Å². The number of allylic oxidation sites excluding steroid dienone is 1. The highest BCUT2D eigenvalue weighted by atomic mass is 16.5. The average molecular weight is 601 g/mol. The van der Waals surface area contributed by atoms with Crippen LogP contribution in [-0.4, -0.2) is 46.1 Å². The first-order chi connectivity index (χ1) is 20.6. The first kappa shape index (κ1) is 34.3. The van der Waals surface area contributed by atoms with Crippen molar-refractivity contribution in [2.24, 2.45) is 28.6 Å². The summed E-state index contributed by atoms with van der Waals surface area (Å²) in [5.41, 5.74) is -1.38. The van der Waals surface area contributed by atoms with Crippen molar-refractivity contribution >= 4 is 17.5 Å². The monoisotopic (exact) mass is 600 g/mol. The molecule has 4 aliphatic carbocycles. The normalized spacial score (nSPS) is 35.1. The Morgan fingerprint density at radius 1 is 0.884 bits per heavy atom. The van der Waals surface area contributed by atoms with Gasteiger partial charge in [-0.15, -0.1) is 0 Å². The lowest BCUT2D eigenvalue weighted by Gasteiger charge is -2.60. The molecular weight excluding hydrogens is 540 g/mol. The fourth-order valence-electron chi connectivity index (χ4n) is 9.77. The highest BCUT2D eigenvalue weighted by molar-refractivity contribution is 5.92. The Labute approximate surface area is 260 Å². The van der Waals surface area contributed by atoms with Crippen LogP contribution in [0.4, 0.5) is 0 Å². The molecule has 0 radical (unpaired) electrons. The van der Waals surface area contributed by atoms with Gasteiger partial charge >= 0.3 is 5.97 Å². The topological polar surface area (TPSA) is 101 Å². The fourth-order valence-corrected chi connectivity index (χ4v) is 9.77. The molecule has 0 amide bonds. The van der Waals surface area contributed by atoms with Crippen LogP contribution >= 0.6 is 0 Å². The zero-order valence-electron chi connectivity index (χ0n) is 27.5. The molecule has 43 heavy (non-hydrogen) atoms. The minimum absolute atomic E-state index is 0.0364. The standard InChI is InChI=1S/C37H60O6/c1-4-5-6-7-8-9-10-11-12-13-14-15-16-17-33(41)43-26-32(40)37(42)23-21-30-29-19-18-27-24-28(38)20-22-35(27,2)34(29)31(39)25-36(30,37)3/h24,29-31,34,39,42H,4-23,25-26H2,1-3H3/t29-,30-,31-,34+,35-,36-,37-/m0/s1. The van der Waals surface area contributed by atoms with Gasteiger partial charge in [-0.3, -0.25) is 14.4 Å². The highest BCUT2D eigenvalue weighted by Gasteiger charge is 2.68. The second-order valence-electron chi connectivity index (χ2n) is 15.1. The molecule has 0 aliphatic heterocycles. The predicted octanol–water partition coefficient (Wildman–Crippen LogP) is 7.81. The van der Waals surface area contributed by atoms with Gasteiger partial charge < -0.3 is 14.9 Å². The Hall–Kier alpha value is -1.53. The Morgan fingerprint density at radius 3 is 2.12 bits per heavy atom. The third kappa shape index (κ3) is 7.48. The summed E-state index contributed by atoms with van der Waals surface area (Å²) in [5.74, 6) is -0.251. The molecule has 0 bridgehead atoms. The number of carbonyl (C=O) groups is 3. The predicted molar refractivity (Wildman–Crippen MR) is 169 cm³/mol. The first-order valence-electron chi connectivity index (χ1n) is 17.9. The lowest BCUT2D eigenvalue weighted by atomic mass is 9.45. The molecule has 0 unspecified atom stereocenters. The van der Waals surface area contributed by atoms with Gasteiger partial charge in [-0.2, -0.15) is 0 Å². The molecule has 0 heterocycles. The van der Waals surface area contributed by atoms with Crippen LogP contribution in [0.2, 0.25) is 0 Å². The van der Waals surface area contributed by atoms with Crippen molar-refractivity contribution < 1.29 is 29.3 Å². The molecule has 6 heteroatoms. The van der Waals surface area contributed by atoms with Crippen LogP contribution < -0.4 is 0 Å². The van der Waals surface area contributed by atoms with E-state index in [0.717, 1.165) is 44.9 Å². The maximum Gasteiger partial charge on any atom is 0.306 e. The number of esters is 1. The molecule has 3 fully saturated rings. The van der Waals surface area contributed by atoms with Crippen LogP contribution in [0.1, 0.15) is 156 Å². The molecule has 0 spiro atoms. The van der Waals surface area contributed by atoms with Crippen molar-refractivity contribution in [1.29, 1.82) is 0 Å². The van der Waals surface area contributed by atoms with Gasteiger partial charge in [0.25, 0.3) is 0 Å². The van der Waals surface area contributed by atoms with E-state index in [4.69, 9.17) is 4.74 Å². The Balaban J connectivity index is 1.17. The van der Waals surface area contributed by atoms with E-state index in [-0.39, 0.29) is 34.9 Å². The van der Waals surface area contributed by atoms with Crippen molar-refractivity contribution in [1.82, 2.24) is 0 Å². The lowest BCUT2D eigenvalue weighted by molar-refractivity contribution is -0.184. The van der Waals surface area contributed by atoms with Gasteiger partial charge in [0, 0.05) is 18.3 Å². The molecule has 3 saturated carbocycles. The molecular formula is C37H60O6. The van der Waals surface area contributed by atoms with Gasteiger partial charge in [0.15, 0.2) is 12.4 Å². The van der Waals surface area contributed by atoms with E-state index >= 15 is 0 Å². The lowest BCUT2D eigenvalue weighted by Crippen LogP contribution is -2.62. The number of aliphatic hydroxyl groups is 2. The van der Waals surface area contributed by atoms with Crippen LogP contribution in [0.5, 0.6) is 0 Å². The number of ketones is 2. The van der Waals surface area contributed by atoms with Crippen LogP contribution in [-0.2, 0) is 19.1 Å². The van der Waals surface area contributed by atoms with E-state index in [1.165, 1.54) is 69.8 Å². The maximum atomic E-state index is 13.5. The smallest absolute Gasteiger partial charge is 0.306 e. The molecule has 2 N–H and O–H groups in total. The van der Waals surface area contributed by atoms with E-state index in [2.05, 4.69) is 13.8 Å². The van der Waals surface area contributed by atoms with E-state index in [9.17, 15) is 24.6 Å². The number of fused-ring (bicyclic) bond motifs is 5. The quantitative estimate of drug-likeness (QED) is 0.130. The van der Waals surface area contributed by atoms with E-state index in [1.807, 2.05) is 13.0 Å². The molecule has 0 aromatic carbocycles. The number of unbranched alkanes of at least 4 members (excludes halogenated alkanes) is 12. The molecule has 7 atom stereocenters. The molecule has 4 aliphatic rings. The minimum Gasteiger partial charge on any atom is -0.458 e. The number of hydrogen-bond donors (Lipinski definition) is 2. The van der Waals surface area contributed by atoms with Gasteiger partial charge in [0.1, 0.15) is 5.60 Å². The molecule has 6 nitrogen and oxygen atoms in total. The maximum absolute atomic E-state index is 13.5. The van der Waals surface area contributed by atoms with Crippen molar-refractivity contribution in [3.05, 3.63) is 11.6 Å². The summed E-state index contributed by atoms with van der Waals surface area (Å²) < 4.78 is 5.39. The molecule has 244 valence electrons. The van der Waals surface area contributed by atoms with Gasteiger partial charge in [0.2, 0.25) is 5.78 Å². The Morgan fingerprint density at radius 2 is 1.49 bits per heavy atom. The van der Waals surface area contributed by atoms with Crippen LogP contribution in [0.15, 0.2) is 11.6 Å². The summed E-state index contributed by atoms with van der Waals surface area (Å²) in [6.07, 6.45) is 22.0. The van der Waals surface area contributed by atoms with Crippen molar-refractivity contribution in [2.45, 2.75) is 167 Å². The van der Waals surface area contributed by atoms with Crippen molar-refractivity contribution in [3.8, 4) is 0 Å². The number of aliphatic hydroxyl groups excluding tert-OH is 1. The molecule has 0 aromatic rings. The highest BCUT2D eigenvalue weighted by Crippen LogP contribution is 2.67. The van der Waals surface area contributed by atoms with Crippen molar-refractivity contribution in [2.75, 3.05) is 6.61 Å². The van der Waals surface area contributed by atoms with Crippen LogP contribution in [0.3, 0.4) is 0 Å². The SMILES string of the molecule is CCCCCCCCCCCCCCCC(=O)OCC(=O)[C@@]1(O)CC[C@H]2[C@@H]3CCC4=CC(=O)CC[C@]4(C)[C@H]3[C@@H](O)C[C@@]21C. The summed E-state index contributed by atoms with van der Waals surface area (Å²) in [6, 6.07) is 0. The summed E-state index contributed by atoms with van der Waals surface area (Å²) in [6.45, 7) is 6.03. The molecule has 0 saturated heterocycles. The second kappa shape index (κ2) is 15.2. The fraction of sp³-hybridized carbons (Fsp3) is 0.865. The molecule has 0 aromatic heterocycles. The summed E-state index contributed by atoms with van der Waals surface area (Å²) in [7, 11) is 0. The summed E-state index contributed by atoms with van der Waals surface area (Å²) in [4.78, 5) is 38.0.